The maximum absolute atomic E-state index is 11.6. The highest BCUT2D eigenvalue weighted by molar-refractivity contribution is 7.63. The molecule has 0 bridgehead atoms. The predicted octanol–water partition coefficient (Wildman–Crippen LogP) is 1.23. The monoisotopic (exact) mass is 315 g/mol. The van der Waals surface area contributed by atoms with E-state index in [2.05, 4.69) is 14.2 Å². The van der Waals surface area contributed by atoms with Gasteiger partial charge in [0.15, 0.2) is 0 Å². The Hall–Kier alpha value is 0.260. The van der Waals surface area contributed by atoms with Crippen molar-refractivity contribution in [3.63, 3.8) is 0 Å². The van der Waals surface area contributed by atoms with E-state index >= 15 is 0 Å². The summed E-state index contributed by atoms with van der Waals surface area (Å²) in [6, 6.07) is 0. The Morgan fingerprint density at radius 1 is 1.05 bits per heavy atom. The quantitative estimate of drug-likeness (QED) is 0.579. The number of phosphoric ester groups is 1. The Morgan fingerprint density at radius 2 is 1.53 bits per heavy atom. The average molecular weight is 315 g/mol. The summed E-state index contributed by atoms with van der Waals surface area (Å²) in [6.45, 7) is 9.84. The second kappa shape index (κ2) is 6.35. The van der Waals surface area contributed by atoms with Crippen LogP contribution in [0.15, 0.2) is 0 Å². The third-order valence-corrected chi connectivity index (χ3v) is 5.84. The first kappa shape index (κ1) is 19.3. The van der Waals surface area contributed by atoms with Crippen LogP contribution in [0.4, 0.5) is 0 Å². The van der Waals surface area contributed by atoms with E-state index in [1.54, 1.807) is 0 Å². The standard InChI is InChI=1S/C10H25NO6P2/c1-9(2,3)11-7-8-16-19(14,15)17-18(12,13)10(4,5)6/h11H,7-8H2,1-6H3,(H,12,13)(H,14,15)/p-2. The third-order valence-electron chi connectivity index (χ3n) is 2.04. The lowest BCUT2D eigenvalue weighted by Crippen LogP contribution is -2.38. The van der Waals surface area contributed by atoms with E-state index in [1.807, 2.05) is 20.8 Å². The molecule has 0 aliphatic carbocycles. The van der Waals surface area contributed by atoms with Crippen LogP contribution in [0.1, 0.15) is 41.5 Å². The average Bonchev–Trinajstić information content (AvgIpc) is 2.07. The maximum Gasteiger partial charge on any atom is 0.272 e. The molecule has 0 saturated heterocycles. The first-order chi connectivity index (χ1) is 8.16. The van der Waals surface area contributed by atoms with Gasteiger partial charge in [-0.05, 0) is 20.8 Å². The fourth-order valence-corrected chi connectivity index (χ4v) is 3.40. The third kappa shape index (κ3) is 8.20. The van der Waals surface area contributed by atoms with Crippen molar-refractivity contribution in [2.45, 2.75) is 52.2 Å². The molecule has 0 spiro atoms. The van der Waals surface area contributed by atoms with Gasteiger partial charge in [-0.1, -0.05) is 20.8 Å². The van der Waals surface area contributed by atoms with Crippen LogP contribution in [0, 0.1) is 0 Å². The molecule has 0 amide bonds. The van der Waals surface area contributed by atoms with Gasteiger partial charge in [-0.25, -0.2) is 0 Å². The molecular formula is C10H23NO6P2-2. The summed E-state index contributed by atoms with van der Waals surface area (Å²) in [5.41, 5.74) is -0.184. The van der Waals surface area contributed by atoms with Crippen LogP contribution >= 0.6 is 15.4 Å². The molecule has 0 aliphatic heterocycles. The molecule has 0 radical (unpaired) electrons. The molecule has 0 rings (SSSR count). The van der Waals surface area contributed by atoms with E-state index in [0.717, 1.165) is 0 Å². The smallest absolute Gasteiger partial charge is 0.272 e. The van der Waals surface area contributed by atoms with Gasteiger partial charge in [0.25, 0.3) is 7.82 Å². The molecule has 0 aliphatic rings. The topological polar surface area (TPSA) is 111 Å². The van der Waals surface area contributed by atoms with Crippen LogP contribution in [0.5, 0.6) is 0 Å². The minimum Gasteiger partial charge on any atom is -0.778 e. The van der Waals surface area contributed by atoms with Crippen molar-refractivity contribution in [3.8, 4) is 0 Å². The molecule has 116 valence electrons. The summed E-state index contributed by atoms with van der Waals surface area (Å²) >= 11 is 0. The van der Waals surface area contributed by atoms with E-state index < -0.39 is 20.6 Å². The second-order valence-corrected chi connectivity index (χ2v) is 10.3. The SMILES string of the molecule is CC(C)(C)NCCOP(=O)([O-])OP(=O)([O-])C(C)(C)C. The minimum absolute atomic E-state index is 0.184. The summed E-state index contributed by atoms with van der Waals surface area (Å²) in [6.07, 6.45) is 0. The summed E-state index contributed by atoms with van der Waals surface area (Å²) in [7, 11) is -9.41. The molecule has 0 aromatic carbocycles. The van der Waals surface area contributed by atoms with Crippen molar-refractivity contribution >= 4 is 15.4 Å². The van der Waals surface area contributed by atoms with Crippen LogP contribution in [0.3, 0.4) is 0 Å². The zero-order chi connectivity index (χ0) is 15.5. The Kier molecular flexibility index (Phi) is 6.44. The van der Waals surface area contributed by atoms with Gasteiger partial charge in [-0.15, -0.1) is 0 Å². The van der Waals surface area contributed by atoms with Gasteiger partial charge in [-0.3, -0.25) is 8.88 Å². The van der Waals surface area contributed by atoms with Gasteiger partial charge < -0.3 is 24.2 Å². The van der Waals surface area contributed by atoms with Crippen molar-refractivity contribution in [2.75, 3.05) is 13.2 Å². The number of hydrogen-bond donors (Lipinski definition) is 1. The number of phosphoric acid groups is 1. The zero-order valence-electron chi connectivity index (χ0n) is 12.3. The fourth-order valence-electron chi connectivity index (χ4n) is 0.861. The van der Waals surface area contributed by atoms with Crippen molar-refractivity contribution in [1.82, 2.24) is 5.32 Å². The maximum atomic E-state index is 11.6. The molecule has 0 aromatic heterocycles. The first-order valence-electron chi connectivity index (χ1n) is 5.89. The molecule has 1 N–H and O–H groups in total. The lowest BCUT2D eigenvalue weighted by atomic mass is 10.1. The predicted molar refractivity (Wildman–Crippen MR) is 69.8 cm³/mol. The molecule has 0 fully saturated rings. The van der Waals surface area contributed by atoms with Crippen molar-refractivity contribution in [1.29, 1.82) is 0 Å². The van der Waals surface area contributed by atoms with Crippen molar-refractivity contribution in [2.24, 2.45) is 0 Å². The molecule has 2 atom stereocenters. The van der Waals surface area contributed by atoms with Gasteiger partial charge in [0, 0.05) is 17.2 Å². The molecular weight excluding hydrogens is 292 g/mol. The number of nitrogens with one attached hydrogen (secondary N) is 1. The summed E-state index contributed by atoms with van der Waals surface area (Å²) in [4.78, 5) is 23.0. The van der Waals surface area contributed by atoms with Crippen LogP contribution < -0.4 is 15.1 Å². The molecule has 0 saturated carbocycles. The Morgan fingerprint density at radius 3 is 1.89 bits per heavy atom. The van der Waals surface area contributed by atoms with E-state index in [-0.39, 0.29) is 18.7 Å². The molecule has 9 heteroatoms. The van der Waals surface area contributed by atoms with Crippen LogP contribution in [-0.4, -0.2) is 23.8 Å². The van der Waals surface area contributed by atoms with E-state index in [9.17, 15) is 18.9 Å². The first-order valence-corrected chi connectivity index (χ1v) is 8.90. The molecule has 19 heavy (non-hydrogen) atoms. The second-order valence-electron chi connectivity index (χ2n) is 6.21. The highest BCUT2D eigenvalue weighted by Crippen LogP contribution is 2.61. The van der Waals surface area contributed by atoms with E-state index in [0.29, 0.717) is 0 Å². The van der Waals surface area contributed by atoms with Gasteiger partial charge in [0.2, 0.25) is 0 Å². The Bertz CT molecular complexity index is 384. The summed E-state index contributed by atoms with van der Waals surface area (Å²) in [5.74, 6) is 0. The number of hydrogen-bond acceptors (Lipinski definition) is 7. The van der Waals surface area contributed by atoms with E-state index in [4.69, 9.17) is 0 Å². The normalized spacial score (nSPS) is 19.8. The van der Waals surface area contributed by atoms with E-state index in [1.165, 1.54) is 20.8 Å². The Balaban J connectivity index is 4.35. The molecule has 0 aromatic rings. The van der Waals surface area contributed by atoms with Crippen LogP contribution in [0.25, 0.3) is 0 Å². The lowest BCUT2D eigenvalue weighted by Gasteiger charge is -2.39. The van der Waals surface area contributed by atoms with Gasteiger partial charge >= 0.3 is 0 Å². The summed E-state index contributed by atoms with van der Waals surface area (Å²) in [5, 5.41) is 1.69. The largest absolute Gasteiger partial charge is 0.778 e. The number of rotatable bonds is 6. The minimum atomic E-state index is -4.86. The van der Waals surface area contributed by atoms with Gasteiger partial charge in [-0.2, -0.15) is 0 Å². The van der Waals surface area contributed by atoms with Crippen molar-refractivity contribution in [3.05, 3.63) is 0 Å². The van der Waals surface area contributed by atoms with Crippen molar-refractivity contribution < 1.29 is 27.8 Å². The molecule has 2 unspecified atom stereocenters. The Labute approximate surface area is 114 Å². The molecule has 7 nitrogen and oxygen atoms in total. The van der Waals surface area contributed by atoms with Gasteiger partial charge in [0.1, 0.15) is 7.60 Å². The summed E-state index contributed by atoms with van der Waals surface area (Å²) < 4.78 is 31.7. The van der Waals surface area contributed by atoms with Gasteiger partial charge in [0.05, 0.1) is 6.61 Å². The fraction of sp³-hybridized carbons (Fsp3) is 1.00. The zero-order valence-corrected chi connectivity index (χ0v) is 14.0. The molecule has 0 heterocycles. The lowest BCUT2D eigenvalue weighted by molar-refractivity contribution is -0.233. The van der Waals surface area contributed by atoms with Crippen LogP contribution in [-0.2, 0) is 18.0 Å². The highest BCUT2D eigenvalue weighted by atomic mass is 31.3. The van der Waals surface area contributed by atoms with Crippen LogP contribution in [0.2, 0.25) is 0 Å². The highest BCUT2D eigenvalue weighted by Gasteiger charge is 2.31.